The van der Waals surface area contributed by atoms with Gasteiger partial charge in [-0.05, 0) is 49.7 Å². The summed E-state index contributed by atoms with van der Waals surface area (Å²) in [5.74, 6) is -1.13. The monoisotopic (exact) mass is 318 g/mol. The van der Waals surface area contributed by atoms with Crippen molar-refractivity contribution in [2.24, 2.45) is 5.41 Å². The fourth-order valence-corrected chi connectivity index (χ4v) is 2.89. The molecule has 126 valence electrons. The van der Waals surface area contributed by atoms with Gasteiger partial charge in [0.05, 0.1) is 0 Å². The number of aliphatic carboxylic acids is 1. The Morgan fingerprint density at radius 2 is 2.04 bits per heavy atom. The summed E-state index contributed by atoms with van der Waals surface area (Å²) < 4.78 is 12.6. The zero-order valence-electron chi connectivity index (χ0n) is 14.5. The van der Waals surface area contributed by atoms with Crippen molar-refractivity contribution in [3.05, 3.63) is 58.7 Å². The van der Waals surface area contributed by atoms with Crippen molar-refractivity contribution >= 4 is 5.97 Å². The summed E-state index contributed by atoms with van der Waals surface area (Å²) in [6, 6.07) is 0. The lowest BCUT2D eigenvalue weighted by atomic mass is 9.72. The molecule has 0 aliphatic heterocycles. The van der Waals surface area contributed by atoms with Crippen molar-refractivity contribution in [1.29, 1.82) is 0 Å². The van der Waals surface area contributed by atoms with Gasteiger partial charge in [0.2, 0.25) is 0 Å². The van der Waals surface area contributed by atoms with E-state index >= 15 is 0 Å². The lowest BCUT2D eigenvalue weighted by Gasteiger charge is -2.32. The van der Waals surface area contributed by atoms with E-state index in [-0.39, 0.29) is 11.0 Å². The Morgan fingerprint density at radius 3 is 2.61 bits per heavy atom. The van der Waals surface area contributed by atoms with Crippen LogP contribution in [0.5, 0.6) is 0 Å². The standard InChI is InChI=1S/C20H27FO2/c1-15(7-5-9-17(14-21)13-19(22)23)10-11-18-16(2)8-6-12-20(18,3)4/h5,7,9-11,13H,6,8,12,14H2,1-4H3,(H,22,23). The molecule has 0 saturated heterocycles. The maximum atomic E-state index is 12.6. The molecule has 0 atom stereocenters. The maximum Gasteiger partial charge on any atom is 0.328 e. The predicted octanol–water partition coefficient (Wildman–Crippen LogP) is 5.55. The SMILES string of the molecule is CC(C=CC1=C(C)CCCC1(C)C)=CC=CC(=CC(=O)O)CF. The minimum Gasteiger partial charge on any atom is -0.478 e. The summed E-state index contributed by atoms with van der Waals surface area (Å²) >= 11 is 0. The van der Waals surface area contributed by atoms with Crippen LogP contribution >= 0.6 is 0 Å². The first-order valence-electron chi connectivity index (χ1n) is 7.99. The van der Waals surface area contributed by atoms with Crippen molar-refractivity contribution in [2.75, 3.05) is 6.67 Å². The van der Waals surface area contributed by atoms with Crippen LogP contribution in [0.15, 0.2) is 58.7 Å². The van der Waals surface area contributed by atoms with E-state index in [0.717, 1.165) is 18.1 Å². The quantitative estimate of drug-likeness (QED) is 0.515. The van der Waals surface area contributed by atoms with Gasteiger partial charge in [0, 0.05) is 6.08 Å². The molecule has 1 rings (SSSR count). The number of halogens is 1. The van der Waals surface area contributed by atoms with Crippen molar-refractivity contribution in [2.45, 2.75) is 47.0 Å². The highest BCUT2D eigenvalue weighted by Gasteiger charge is 2.26. The Morgan fingerprint density at radius 1 is 1.35 bits per heavy atom. The Hall–Kier alpha value is -1.90. The summed E-state index contributed by atoms with van der Waals surface area (Å²) in [5, 5.41) is 8.62. The number of rotatable bonds is 6. The molecule has 1 N–H and O–H groups in total. The van der Waals surface area contributed by atoms with Gasteiger partial charge >= 0.3 is 5.97 Å². The molecule has 1 aliphatic carbocycles. The molecule has 0 bridgehead atoms. The van der Waals surface area contributed by atoms with Crippen LogP contribution in [0.2, 0.25) is 0 Å². The Bertz CT molecular complexity index is 587. The number of carboxylic acid groups (broad SMARTS) is 1. The van der Waals surface area contributed by atoms with Crippen molar-refractivity contribution < 1.29 is 14.3 Å². The van der Waals surface area contributed by atoms with Gasteiger partial charge in [0.1, 0.15) is 6.67 Å². The molecule has 1 aliphatic rings. The second-order valence-electron chi connectivity index (χ2n) is 6.73. The largest absolute Gasteiger partial charge is 0.478 e. The number of alkyl halides is 1. The molecule has 0 amide bonds. The molecule has 23 heavy (non-hydrogen) atoms. The molecule has 2 nitrogen and oxygen atoms in total. The topological polar surface area (TPSA) is 37.3 Å². The van der Waals surface area contributed by atoms with Crippen molar-refractivity contribution in [3.8, 4) is 0 Å². The minimum atomic E-state index is -1.13. The zero-order chi connectivity index (χ0) is 17.5. The van der Waals surface area contributed by atoms with Crippen LogP contribution in [-0.4, -0.2) is 17.8 Å². The third-order valence-electron chi connectivity index (χ3n) is 4.19. The molecule has 0 spiro atoms. The third kappa shape index (κ3) is 6.39. The molecule has 0 unspecified atom stereocenters. The van der Waals surface area contributed by atoms with Gasteiger partial charge in [0.15, 0.2) is 0 Å². The average Bonchev–Trinajstić information content (AvgIpc) is 2.44. The third-order valence-corrected chi connectivity index (χ3v) is 4.19. The van der Waals surface area contributed by atoms with E-state index in [1.807, 2.05) is 13.0 Å². The van der Waals surface area contributed by atoms with Crippen LogP contribution in [0.25, 0.3) is 0 Å². The number of hydrogen-bond donors (Lipinski definition) is 1. The number of hydrogen-bond acceptors (Lipinski definition) is 1. The molecule has 0 fully saturated rings. The Kier molecular flexibility index (Phi) is 7.21. The van der Waals surface area contributed by atoms with E-state index in [1.165, 1.54) is 30.1 Å². The van der Waals surface area contributed by atoms with Crippen molar-refractivity contribution in [1.82, 2.24) is 0 Å². The lowest BCUT2D eigenvalue weighted by molar-refractivity contribution is -0.131. The molecule has 0 radical (unpaired) electrons. The molecule has 0 aromatic rings. The van der Waals surface area contributed by atoms with E-state index in [1.54, 1.807) is 6.08 Å². The van der Waals surface area contributed by atoms with Gasteiger partial charge in [-0.25, -0.2) is 9.18 Å². The molecule has 3 heteroatoms. The van der Waals surface area contributed by atoms with E-state index in [4.69, 9.17) is 5.11 Å². The fraction of sp³-hybridized carbons (Fsp3) is 0.450. The smallest absolute Gasteiger partial charge is 0.328 e. The maximum absolute atomic E-state index is 12.6. The Labute approximate surface area is 138 Å². The molecule has 0 aromatic heterocycles. The van der Waals surface area contributed by atoms with Gasteiger partial charge in [-0.1, -0.05) is 55.4 Å². The van der Waals surface area contributed by atoms with Crippen LogP contribution in [0, 0.1) is 5.41 Å². The lowest BCUT2D eigenvalue weighted by Crippen LogP contribution is -2.19. The first kappa shape index (κ1) is 19.1. The Balaban J connectivity index is 2.82. The average molecular weight is 318 g/mol. The van der Waals surface area contributed by atoms with E-state index in [0.29, 0.717) is 0 Å². The van der Waals surface area contributed by atoms with Crippen LogP contribution in [-0.2, 0) is 4.79 Å². The highest BCUT2D eigenvalue weighted by Crippen LogP contribution is 2.40. The highest BCUT2D eigenvalue weighted by atomic mass is 19.1. The van der Waals surface area contributed by atoms with Gasteiger partial charge < -0.3 is 5.11 Å². The minimum absolute atomic E-state index is 0.150. The molecular weight excluding hydrogens is 291 g/mol. The van der Waals surface area contributed by atoms with Gasteiger partial charge in [-0.3, -0.25) is 0 Å². The molecule has 0 aromatic carbocycles. The summed E-state index contributed by atoms with van der Waals surface area (Å²) in [5.41, 5.74) is 4.25. The summed E-state index contributed by atoms with van der Waals surface area (Å²) in [4.78, 5) is 10.5. The van der Waals surface area contributed by atoms with E-state index < -0.39 is 12.6 Å². The van der Waals surface area contributed by atoms with E-state index in [9.17, 15) is 9.18 Å². The second kappa shape index (κ2) is 8.66. The van der Waals surface area contributed by atoms with Crippen LogP contribution < -0.4 is 0 Å². The fourth-order valence-electron chi connectivity index (χ4n) is 2.89. The first-order valence-corrected chi connectivity index (χ1v) is 7.99. The van der Waals surface area contributed by atoms with Gasteiger partial charge in [0.25, 0.3) is 0 Å². The predicted molar refractivity (Wildman–Crippen MR) is 94.1 cm³/mol. The van der Waals surface area contributed by atoms with Crippen LogP contribution in [0.4, 0.5) is 4.39 Å². The van der Waals surface area contributed by atoms with Gasteiger partial charge in [-0.15, -0.1) is 0 Å². The van der Waals surface area contributed by atoms with Crippen LogP contribution in [0.1, 0.15) is 47.0 Å². The molecule has 0 saturated carbocycles. The first-order chi connectivity index (χ1) is 10.8. The van der Waals surface area contributed by atoms with E-state index in [2.05, 4.69) is 32.9 Å². The van der Waals surface area contributed by atoms with Crippen molar-refractivity contribution in [3.63, 3.8) is 0 Å². The summed E-state index contributed by atoms with van der Waals surface area (Å²) in [6.45, 7) is 7.94. The summed E-state index contributed by atoms with van der Waals surface area (Å²) in [7, 11) is 0. The number of carboxylic acids is 1. The molecular formula is C20H27FO2. The zero-order valence-corrected chi connectivity index (χ0v) is 14.5. The second-order valence-corrected chi connectivity index (χ2v) is 6.73. The summed E-state index contributed by atoms with van der Waals surface area (Å²) in [6.07, 6.45) is 13.8. The highest BCUT2D eigenvalue weighted by molar-refractivity contribution is 5.81. The van der Waals surface area contributed by atoms with Crippen LogP contribution in [0.3, 0.4) is 0 Å². The number of carbonyl (C=O) groups is 1. The molecule has 0 heterocycles. The normalized spacial score (nSPS) is 19.9. The number of allylic oxidation sites excluding steroid dienone is 9. The van der Waals surface area contributed by atoms with Gasteiger partial charge in [-0.2, -0.15) is 0 Å².